The quantitative estimate of drug-likeness (QED) is 0.685. The zero-order valence-electron chi connectivity index (χ0n) is 6.92. The van der Waals surface area contributed by atoms with Crippen LogP contribution >= 0.6 is 0 Å². The van der Waals surface area contributed by atoms with Crippen LogP contribution in [-0.4, -0.2) is 16.0 Å². The van der Waals surface area contributed by atoms with Gasteiger partial charge in [0, 0.05) is 18.3 Å². The summed E-state index contributed by atoms with van der Waals surface area (Å²) in [5, 5.41) is 6.72. The second kappa shape index (κ2) is 3.09. The van der Waals surface area contributed by atoms with Crippen LogP contribution in [0.15, 0.2) is 12.3 Å². The number of Topliss-reactive ketones (excluding diaryl/α,β-unsaturated/α-hetero) is 1. The standard InChI is InChI=1S/C9H12N2O/c12-9-4-2-1-3-7(9)8-5-6-10-11-8/h5-7H,1-4H2,(H,10,11). The van der Waals surface area contributed by atoms with Gasteiger partial charge < -0.3 is 0 Å². The van der Waals surface area contributed by atoms with Gasteiger partial charge in [-0.3, -0.25) is 9.89 Å². The van der Waals surface area contributed by atoms with E-state index in [9.17, 15) is 4.79 Å². The van der Waals surface area contributed by atoms with E-state index in [1.807, 2.05) is 6.07 Å². The van der Waals surface area contributed by atoms with Crippen LogP contribution < -0.4 is 0 Å². The van der Waals surface area contributed by atoms with Crippen molar-refractivity contribution < 1.29 is 4.79 Å². The molecule has 0 spiro atoms. The van der Waals surface area contributed by atoms with Crippen LogP contribution in [0.25, 0.3) is 0 Å². The van der Waals surface area contributed by atoms with E-state index in [2.05, 4.69) is 10.2 Å². The summed E-state index contributed by atoms with van der Waals surface area (Å²) >= 11 is 0. The molecule has 1 aliphatic carbocycles. The van der Waals surface area contributed by atoms with Gasteiger partial charge in [0.25, 0.3) is 0 Å². The van der Waals surface area contributed by atoms with Crippen LogP contribution in [-0.2, 0) is 4.79 Å². The van der Waals surface area contributed by atoms with E-state index in [0.717, 1.165) is 31.4 Å². The van der Waals surface area contributed by atoms with Gasteiger partial charge in [0.2, 0.25) is 0 Å². The topological polar surface area (TPSA) is 45.8 Å². The summed E-state index contributed by atoms with van der Waals surface area (Å²) in [6.45, 7) is 0. The molecule has 1 unspecified atom stereocenters. The molecule has 0 bridgehead atoms. The molecule has 0 radical (unpaired) electrons. The first-order chi connectivity index (χ1) is 5.88. The van der Waals surface area contributed by atoms with Crippen LogP contribution in [0.2, 0.25) is 0 Å². The zero-order chi connectivity index (χ0) is 8.39. The van der Waals surface area contributed by atoms with Crippen molar-refractivity contribution in [3.63, 3.8) is 0 Å². The molecular formula is C9H12N2O. The molecule has 3 nitrogen and oxygen atoms in total. The number of aromatic amines is 1. The maximum absolute atomic E-state index is 11.4. The molecule has 3 heteroatoms. The number of carbonyl (C=O) groups is 1. The molecule has 0 aliphatic heterocycles. The number of hydrogen-bond acceptors (Lipinski definition) is 2. The molecular weight excluding hydrogens is 152 g/mol. The van der Waals surface area contributed by atoms with Gasteiger partial charge in [-0.1, -0.05) is 6.42 Å². The molecule has 1 aromatic rings. The fraction of sp³-hybridized carbons (Fsp3) is 0.556. The number of aromatic nitrogens is 2. The van der Waals surface area contributed by atoms with Gasteiger partial charge in [0.1, 0.15) is 5.78 Å². The highest BCUT2D eigenvalue weighted by atomic mass is 16.1. The van der Waals surface area contributed by atoms with Crippen LogP contribution in [0, 0.1) is 0 Å². The zero-order valence-corrected chi connectivity index (χ0v) is 6.92. The molecule has 1 N–H and O–H groups in total. The predicted octanol–water partition coefficient (Wildman–Crippen LogP) is 1.64. The number of ketones is 1. The molecule has 12 heavy (non-hydrogen) atoms. The van der Waals surface area contributed by atoms with Gasteiger partial charge >= 0.3 is 0 Å². The lowest BCUT2D eigenvalue weighted by atomic mass is 9.86. The molecule has 1 heterocycles. The van der Waals surface area contributed by atoms with Crippen LogP contribution in [0.5, 0.6) is 0 Å². The number of hydrogen-bond donors (Lipinski definition) is 1. The predicted molar refractivity (Wildman–Crippen MR) is 44.8 cm³/mol. The Bertz CT molecular complexity index is 266. The van der Waals surface area contributed by atoms with Crippen LogP contribution in [0.1, 0.15) is 37.3 Å². The maximum atomic E-state index is 11.4. The van der Waals surface area contributed by atoms with Crippen LogP contribution in [0.3, 0.4) is 0 Å². The molecule has 64 valence electrons. The molecule has 0 aromatic carbocycles. The van der Waals surface area contributed by atoms with E-state index in [1.165, 1.54) is 0 Å². The molecule has 1 fully saturated rings. The van der Waals surface area contributed by atoms with E-state index < -0.39 is 0 Å². The lowest BCUT2D eigenvalue weighted by Crippen LogP contribution is -2.17. The minimum Gasteiger partial charge on any atom is -0.299 e. The highest BCUT2D eigenvalue weighted by Crippen LogP contribution is 2.28. The van der Waals surface area contributed by atoms with Gasteiger partial charge in [0.05, 0.1) is 5.92 Å². The largest absolute Gasteiger partial charge is 0.299 e. The molecule has 1 saturated carbocycles. The molecule has 1 aliphatic rings. The number of H-pyrrole nitrogens is 1. The molecule has 1 aromatic heterocycles. The first-order valence-corrected chi connectivity index (χ1v) is 4.40. The van der Waals surface area contributed by atoms with Crippen LogP contribution in [0.4, 0.5) is 0 Å². The summed E-state index contributed by atoms with van der Waals surface area (Å²) in [6.07, 6.45) is 5.65. The van der Waals surface area contributed by atoms with Gasteiger partial charge in [-0.25, -0.2) is 0 Å². The Kier molecular flexibility index (Phi) is 1.94. The Morgan fingerprint density at radius 3 is 3.08 bits per heavy atom. The Morgan fingerprint density at radius 1 is 1.50 bits per heavy atom. The normalized spacial score (nSPS) is 24.3. The smallest absolute Gasteiger partial charge is 0.141 e. The van der Waals surface area contributed by atoms with E-state index in [4.69, 9.17) is 0 Å². The van der Waals surface area contributed by atoms with E-state index >= 15 is 0 Å². The lowest BCUT2D eigenvalue weighted by Gasteiger charge is -2.18. The second-order valence-electron chi connectivity index (χ2n) is 3.28. The summed E-state index contributed by atoms with van der Waals surface area (Å²) in [5.74, 6) is 0.465. The highest BCUT2D eigenvalue weighted by molar-refractivity contribution is 5.85. The Morgan fingerprint density at radius 2 is 2.42 bits per heavy atom. The van der Waals surface area contributed by atoms with Crippen molar-refractivity contribution in [2.75, 3.05) is 0 Å². The second-order valence-corrected chi connectivity index (χ2v) is 3.28. The SMILES string of the molecule is O=C1CCCCC1c1ccn[nH]1. The molecule has 0 saturated heterocycles. The fourth-order valence-electron chi connectivity index (χ4n) is 1.77. The highest BCUT2D eigenvalue weighted by Gasteiger charge is 2.24. The number of nitrogens with zero attached hydrogens (tertiary/aromatic N) is 1. The van der Waals surface area contributed by atoms with Crippen molar-refractivity contribution in [1.29, 1.82) is 0 Å². The summed E-state index contributed by atoms with van der Waals surface area (Å²) in [5.41, 5.74) is 0.986. The number of rotatable bonds is 1. The third kappa shape index (κ3) is 1.26. The Hall–Kier alpha value is -1.12. The third-order valence-electron chi connectivity index (χ3n) is 2.45. The Balaban J connectivity index is 2.17. The lowest BCUT2D eigenvalue weighted by molar-refractivity contribution is -0.121. The van der Waals surface area contributed by atoms with Crippen molar-refractivity contribution in [3.8, 4) is 0 Å². The van der Waals surface area contributed by atoms with Crippen molar-refractivity contribution >= 4 is 5.78 Å². The summed E-state index contributed by atoms with van der Waals surface area (Å²) in [6, 6.07) is 1.90. The number of nitrogens with one attached hydrogen (secondary N) is 1. The number of carbonyl (C=O) groups excluding carboxylic acids is 1. The average Bonchev–Trinajstić information content (AvgIpc) is 2.57. The summed E-state index contributed by atoms with van der Waals surface area (Å²) < 4.78 is 0. The monoisotopic (exact) mass is 164 g/mol. The molecule has 1 atom stereocenters. The first-order valence-electron chi connectivity index (χ1n) is 4.40. The van der Waals surface area contributed by atoms with Gasteiger partial charge in [-0.2, -0.15) is 5.10 Å². The average molecular weight is 164 g/mol. The van der Waals surface area contributed by atoms with E-state index in [1.54, 1.807) is 6.20 Å². The summed E-state index contributed by atoms with van der Waals surface area (Å²) in [7, 11) is 0. The van der Waals surface area contributed by atoms with Gasteiger partial charge in [-0.05, 0) is 18.9 Å². The van der Waals surface area contributed by atoms with E-state index in [0.29, 0.717) is 5.78 Å². The maximum Gasteiger partial charge on any atom is 0.141 e. The minimum atomic E-state index is 0.0984. The molecule has 0 amide bonds. The third-order valence-corrected chi connectivity index (χ3v) is 2.45. The fourth-order valence-corrected chi connectivity index (χ4v) is 1.77. The van der Waals surface area contributed by atoms with Gasteiger partial charge in [-0.15, -0.1) is 0 Å². The van der Waals surface area contributed by atoms with Crippen molar-refractivity contribution in [1.82, 2.24) is 10.2 Å². The molecule has 2 rings (SSSR count). The van der Waals surface area contributed by atoms with Crippen molar-refractivity contribution in [2.45, 2.75) is 31.6 Å². The van der Waals surface area contributed by atoms with E-state index in [-0.39, 0.29) is 5.92 Å². The summed E-state index contributed by atoms with van der Waals surface area (Å²) in [4.78, 5) is 11.4. The minimum absolute atomic E-state index is 0.0984. The first kappa shape index (κ1) is 7.53. The Labute approximate surface area is 71.2 Å². The van der Waals surface area contributed by atoms with Crippen molar-refractivity contribution in [3.05, 3.63) is 18.0 Å². The van der Waals surface area contributed by atoms with Crippen molar-refractivity contribution in [2.24, 2.45) is 0 Å². The van der Waals surface area contributed by atoms with Gasteiger partial charge in [0.15, 0.2) is 0 Å².